The lowest BCUT2D eigenvalue weighted by Crippen LogP contribution is -2.19. The number of para-hydroxylation sites is 1. The predicted octanol–water partition coefficient (Wildman–Crippen LogP) is 2.57. The van der Waals surface area contributed by atoms with Crippen LogP contribution in [0.15, 0.2) is 59.5 Å². The molecule has 0 saturated carbocycles. The molecule has 0 heterocycles. The van der Waals surface area contributed by atoms with Gasteiger partial charge in [-0.25, -0.2) is 4.79 Å². The van der Waals surface area contributed by atoms with Gasteiger partial charge in [0.15, 0.2) is 0 Å². The quantitative estimate of drug-likeness (QED) is 0.845. The number of rotatable bonds is 3. The molecule has 0 radical (unpaired) electrons. The molecule has 0 bridgehead atoms. The second-order valence-corrected chi connectivity index (χ2v) is 4.65. The number of anilines is 2. The summed E-state index contributed by atoms with van der Waals surface area (Å²) in [5, 5.41) is 5.20. The van der Waals surface area contributed by atoms with E-state index in [1.54, 1.807) is 36.4 Å². The van der Waals surface area contributed by atoms with Crippen LogP contribution in [-0.2, 0) is 11.1 Å². The summed E-state index contributed by atoms with van der Waals surface area (Å²) < 4.78 is 21.6. The lowest BCUT2D eigenvalue weighted by Gasteiger charge is -2.10. The Morgan fingerprint density at radius 1 is 0.947 bits per heavy atom. The SMILES string of the molecule is O=C(Nc1ccccc1)Nc1cccc(S(=O)[O-])c1. The Morgan fingerprint density at radius 3 is 2.26 bits per heavy atom. The zero-order valence-electron chi connectivity index (χ0n) is 9.83. The molecule has 5 nitrogen and oxygen atoms in total. The molecule has 1 atom stereocenters. The van der Waals surface area contributed by atoms with Crippen molar-refractivity contribution in [2.24, 2.45) is 0 Å². The summed E-state index contributed by atoms with van der Waals surface area (Å²) in [6.07, 6.45) is 0. The standard InChI is InChI=1S/C13H12N2O3S/c16-13(14-10-5-2-1-3-6-10)15-11-7-4-8-12(9-11)19(17)18/h1-9H,(H,17,18)(H2,14,15,16)/p-1. The van der Waals surface area contributed by atoms with Crippen molar-refractivity contribution in [1.82, 2.24) is 0 Å². The number of benzene rings is 2. The number of amides is 2. The van der Waals surface area contributed by atoms with Gasteiger partial charge in [-0.05, 0) is 41.4 Å². The van der Waals surface area contributed by atoms with E-state index in [4.69, 9.17) is 0 Å². The number of carbonyl (C=O) groups is 1. The highest BCUT2D eigenvalue weighted by Gasteiger charge is 2.03. The van der Waals surface area contributed by atoms with Gasteiger partial charge in [-0.15, -0.1) is 0 Å². The average molecular weight is 275 g/mol. The molecule has 1 unspecified atom stereocenters. The summed E-state index contributed by atoms with van der Waals surface area (Å²) in [7, 11) is 0. The topological polar surface area (TPSA) is 81.3 Å². The van der Waals surface area contributed by atoms with E-state index in [2.05, 4.69) is 10.6 Å². The molecule has 19 heavy (non-hydrogen) atoms. The van der Waals surface area contributed by atoms with E-state index in [1.807, 2.05) is 6.07 Å². The molecule has 2 amide bonds. The summed E-state index contributed by atoms with van der Waals surface area (Å²) in [6.45, 7) is 0. The Kier molecular flexibility index (Phi) is 4.27. The fourth-order valence-corrected chi connectivity index (χ4v) is 1.91. The summed E-state index contributed by atoms with van der Waals surface area (Å²) in [4.78, 5) is 11.8. The molecule has 2 aromatic rings. The summed E-state index contributed by atoms with van der Waals surface area (Å²) in [5.74, 6) is 0. The van der Waals surface area contributed by atoms with Crippen molar-refractivity contribution < 1.29 is 13.6 Å². The summed E-state index contributed by atoms with van der Waals surface area (Å²) in [5.41, 5.74) is 1.07. The normalized spacial score (nSPS) is 11.6. The monoisotopic (exact) mass is 275 g/mol. The van der Waals surface area contributed by atoms with Crippen molar-refractivity contribution in [3.63, 3.8) is 0 Å². The fraction of sp³-hybridized carbons (Fsp3) is 0. The predicted molar refractivity (Wildman–Crippen MR) is 72.7 cm³/mol. The summed E-state index contributed by atoms with van der Waals surface area (Å²) >= 11 is -2.31. The number of urea groups is 1. The van der Waals surface area contributed by atoms with Gasteiger partial charge in [0.1, 0.15) is 0 Å². The van der Waals surface area contributed by atoms with Crippen LogP contribution in [0.4, 0.5) is 16.2 Å². The maximum atomic E-state index is 11.7. The van der Waals surface area contributed by atoms with Gasteiger partial charge in [-0.3, -0.25) is 4.21 Å². The first-order valence-electron chi connectivity index (χ1n) is 5.47. The molecule has 0 fully saturated rings. The van der Waals surface area contributed by atoms with Crippen LogP contribution in [0.3, 0.4) is 0 Å². The third-order valence-corrected chi connectivity index (χ3v) is 2.95. The molecule has 0 aromatic heterocycles. The lowest BCUT2D eigenvalue weighted by atomic mass is 10.3. The molecule has 2 aromatic carbocycles. The molecule has 98 valence electrons. The highest BCUT2D eigenvalue weighted by molar-refractivity contribution is 7.79. The Bertz CT molecular complexity index is 602. The minimum Gasteiger partial charge on any atom is -0.768 e. The Balaban J connectivity index is 2.03. The van der Waals surface area contributed by atoms with Crippen LogP contribution in [0.1, 0.15) is 0 Å². The Hall–Kier alpha value is -2.18. The molecule has 0 spiro atoms. The van der Waals surface area contributed by atoms with Crippen molar-refractivity contribution in [3.05, 3.63) is 54.6 Å². The van der Waals surface area contributed by atoms with Gasteiger partial charge in [0.25, 0.3) is 0 Å². The minimum atomic E-state index is -2.31. The van der Waals surface area contributed by atoms with Crippen molar-refractivity contribution in [2.75, 3.05) is 10.6 Å². The Morgan fingerprint density at radius 2 is 1.58 bits per heavy atom. The van der Waals surface area contributed by atoms with Crippen LogP contribution in [0.25, 0.3) is 0 Å². The zero-order valence-corrected chi connectivity index (χ0v) is 10.6. The van der Waals surface area contributed by atoms with Crippen molar-refractivity contribution in [3.8, 4) is 0 Å². The summed E-state index contributed by atoms with van der Waals surface area (Å²) in [6, 6.07) is 14.5. The van der Waals surface area contributed by atoms with E-state index in [0.29, 0.717) is 11.4 Å². The molecule has 0 aliphatic heterocycles. The van der Waals surface area contributed by atoms with Crippen LogP contribution >= 0.6 is 0 Å². The van der Waals surface area contributed by atoms with Gasteiger partial charge in [0.2, 0.25) is 0 Å². The molecule has 2 N–H and O–H groups in total. The average Bonchev–Trinajstić information content (AvgIpc) is 2.40. The van der Waals surface area contributed by atoms with Crippen LogP contribution in [0.2, 0.25) is 0 Å². The van der Waals surface area contributed by atoms with Gasteiger partial charge in [0, 0.05) is 16.3 Å². The highest BCUT2D eigenvalue weighted by atomic mass is 32.2. The molecule has 0 aliphatic carbocycles. The number of hydrogen-bond acceptors (Lipinski definition) is 3. The molecule has 0 aliphatic rings. The third-order valence-electron chi connectivity index (χ3n) is 2.32. The van der Waals surface area contributed by atoms with Crippen LogP contribution in [0, 0.1) is 0 Å². The number of carbonyl (C=O) groups excluding carboxylic acids is 1. The maximum absolute atomic E-state index is 11.7. The van der Waals surface area contributed by atoms with Gasteiger partial charge < -0.3 is 15.2 Å². The smallest absolute Gasteiger partial charge is 0.323 e. The van der Waals surface area contributed by atoms with Crippen LogP contribution in [-0.4, -0.2) is 14.8 Å². The first kappa shape index (κ1) is 13.3. The van der Waals surface area contributed by atoms with Gasteiger partial charge in [-0.2, -0.15) is 0 Å². The third kappa shape index (κ3) is 3.90. The van der Waals surface area contributed by atoms with Crippen molar-refractivity contribution in [1.29, 1.82) is 0 Å². The van der Waals surface area contributed by atoms with E-state index in [1.165, 1.54) is 12.1 Å². The fourth-order valence-electron chi connectivity index (χ4n) is 1.49. The second-order valence-electron chi connectivity index (χ2n) is 3.71. The van der Waals surface area contributed by atoms with Crippen molar-refractivity contribution >= 4 is 28.5 Å². The second kappa shape index (κ2) is 6.12. The first-order chi connectivity index (χ1) is 9.15. The van der Waals surface area contributed by atoms with Crippen LogP contribution < -0.4 is 10.6 Å². The molecular formula is C13H11N2O3S-. The van der Waals surface area contributed by atoms with Crippen LogP contribution in [0.5, 0.6) is 0 Å². The largest absolute Gasteiger partial charge is 0.768 e. The first-order valence-corrected chi connectivity index (χ1v) is 6.55. The Labute approximate surface area is 112 Å². The van der Waals surface area contributed by atoms with E-state index >= 15 is 0 Å². The molecule has 2 rings (SSSR count). The van der Waals surface area contributed by atoms with Gasteiger partial charge in [0.05, 0.1) is 0 Å². The van der Waals surface area contributed by atoms with Gasteiger partial charge in [-0.1, -0.05) is 24.3 Å². The zero-order chi connectivity index (χ0) is 13.7. The number of hydrogen-bond donors (Lipinski definition) is 2. The highest BCUT2D eigenvalue weighted by Crippen LogP contribution is 2.13. The van der Waals surface area contributed by atoms with E-state index < -0.39 is 17.1 Å². The van der Waals surface area contributed by atoms with Crippen molar-refractivity contribution in [2.45, 2.75) is 4.90 Å². The molecule has 6 heteroatoms. The number of nitrogens with one attached hydrogen (secondary N) is 2. The van der Waals surface area contributed by atoms with E-state index in [-0.39, 0.29) is 4.90 Å². The minimum absolute atomic E-state index is 0.123. The van der Waals surface area contributed by atoms with E-state index in [9.17, 15) is 13.6 Å². The van der Waals surface area contributed by atoms with Gasteiger partial charge >= 0.3 is 6.03 Å². The molecule has 0 saturated heterocycles. The van der Waals surface area contributed by atoms with E-state index in [0.717, 1.165) is 0 Å². The molecular weight excluding hydrogens is 264 g/mol. The maximum Gasteiger partial charge on any atom is 0.323 e. The lowest BCUT2D eigenvalue weighted by molar-refractivity contribution is 0.262.